The van der Waals surface area contributed by atoms with Crippen molar-refractivity contribution in [1.82, 2.24) is 4.90 Å². The van der Waals surface area contributed by atoms with Gasteiger partial charge in [-0.15, -0.1) is 0 Å². The van der Waals surface area contributed by atoms with Gasteiger partial charge < -0.3 is 4.90 Å². The van der Waals surface area contributed by atoms with Crippen LogP contribution in [-0.4, -0.2) is 28.7 Å². The van der Waals surface area contributed by atoms with Gasteiger partial charge >= 0.3 is 0 Å². The number of piperidine rings is 1. The minimum atomic E-state index is 0.280. The highest BCUT2D eigenvalue weighted by Gasteiger charge is 2.26. The molecular formula is C13H24BrNO. The zero-order valence-electron chi connectivity index (χ0n) is 10.5. The van der Waals surface area contributed by atoms with Gasteiger partial charge in [-0.25, -0.2) is 0 Å². The summed E-state index contributed by atoms with van der Waals surface area (Å²) in [6.07, 6.45) is 6.56. The summed E-state index contributed by atoms with van der Waals surface area (Å²) in [5.74, 6) is 0.685. The topological polar surface area (TPSA) is 20.3 Å². The average Bonchev–Trinajstić information content (AvgIpc) is 2.29. The Morgan fingerprint density at radius 3 is 2.19 bits per heavy atom. The van der Waals surface area contributed by atoms with Crippen LogP contribution in [0, 0.1) is 5.92 Å². The predicted molar refractivity (Wildman–Crippen MR) is 71.8 cm³/mol. The number of hydrogen-bond donors (Lipinski definition) is 0. The van der Waals surface area contributed by atoms with Crippen LogP contribution in [0.25, 0.3) is 0 Å². The molecule has 3 heteroatoms. The Labute approximate surface area is 108 Å². The second-order valence-corrected chi connectivity index (χ2v) is 6.07. The first kappa shape index (κ1) is 14.0. The second-order valence-electron chi connectivity index (χ2n) is 4.77. The summed E-state index contributed by atoms with van der Waals surface area (Å²) in [6, 6.07) is 0. The maximum atomic E-state index is 12.3. The maximum Gasteiger partial charge on any atom is 0.225 e. The van der Waals surface area contributed by atoms with E-state index < -0.39 is 0 Å². The Bertz CT molecular complexity index is 206. The molecule has 16 heavy (non-hydrogen) atoms. The summed E-state index contributed by atoms with van der Waals surface area (Å²) >= 11 is 3.63. The van der Waals surface area contributed by atoms with Crippen LogP contribution in [0.5, 0.6) is 0 Å². The minimum absolute atomic E-state index is 0.280. The van der Waals surface area contributed by atoms with Gasteiger partial charge in [0.1, 0.15) is 0 Å². The third kappa shape index (κ3) is 4.08. The Balaban J connectivity index is 2.46. The van der Waals surface area contributed by atoms with E-state index in [1.807, 2.05) is 0 Å². The van der Waals surface area contributed by atoms with Crippen LogP contribution in [0.2, 0.25) is 0 Å². The fourth-order valence-electron chi connectivity index (χ4n) is 2.41. The molecule has 0 spiro atoms. The molecule has 0 aromatic carbocycles. The molecule has 1 aliphatic rings. The molecule has 2 nitrogen and oxygen atoms in total. The zero-order valence-corrected chi connectivity index (χ0v) is 12.1. The molecule has 0 bridgehead atoms. The quantitative estimate of drug-likeness (QED) is 0.709. The van der Waals surface area contributed by atoms with Gasteiger partial charge in [-0.3, -0.25) is 4.79 Å². The number of nitrogens with zero attached hydrogens (tertiary/aromatic N) is 1. The molecule has 1 rings (SSSR count). The number of carbonyl (C=O) groups excluding carboxylic acids is 1. The number of amides is 1. The normalized spacial score (nSPS) is 18.1. The minimum Gasteiger partial charge on any atom is -0.342 e. The lowest BCUT2D eigenvalue weighted by atomic mass is 9.95. The number of likely N-dealkylation sites (tertiary alicyclic amines) is 1. The summed E-state index contributed by atoms with van der Waals surface area (Å²) in [7, 11) is 0. The predicted octanol–water partition coefficient (Wildman–Crippen LogP) is 3.59. The Morgan fingerprint density at radius 1 is 1.25 bits per heavy atom. The summed E-state index contributed by atoms with van der Waals surface area (Å²) in [5, 5.41) is 0. The average molecular weight is 290 g/mol. The molecule has 0 saturated carbocycles. The van der Waals surface area contributed by atoms with E-state index in [2.05, 4.69) is 34.7 Å². The van der Waals surface area contributed by atoms with Gasteiger partial charge in [-0.05, 0) is 25.7 Å². The molecule has 0 unspecified atom stereocenters. The molecule has 0 aromatic rings. The third-order valence-corrected chi connectivity index (χ3v) is 4.28. The standard InChI is InChI=1S/C13H24BrNO/c1-3-5-11(6-4-2)13(16)15-9-7-12(14)8-10-15/h11-12H,3-10H2,1-2H3. The highest BCUT2D eigenvalue weighted by molar-refractivity contribution is 9.09. The lowest BCUT2D eigenvalue weighted by molar-refractivity contribution is -0.136. The van der Waals surface area contributed by atoms with E-state index in [1.54, 1.807) is 0 Å². The van der Waals surface area contributed by atoms with Crippen LogP contribution >= 0.6 is 15.9 Å². The fraction of sp³-hybridized carbons (Fsp3) is 0.923. The molecule has 1 amide bonds. The first-order valence-corrected chi connectivity index (χ1v) is 7.53. The van der Waals surface area contributed by atoms with Crippen molar-refractivity contribution in [2.45, 2.75) is 57.2 Å². The van der Waals surface area contributed by atoms with E-state index >= 15 is 0 Å². The van der Waals surface area contributed by atoms with Crippen molar-refractivity contribution in [1.29, 1.82) is 0 Å². The molecule has 0 N–H and O–H groups in total. The van der Waals surface area contributed by atoms with Crippen LogP contribution in [0.1, 0.15) is 52.4 Å². The van der Waals surface area contributed by atoms with Crippen molar-refractivity contribution in [3.05, 3.63) is 0 Å². The molecular weight excluding hydrogens is 266 g/mol. The number of halogens is 1. The number of hydrogen-bond acceptors (Lipinski definition) is 1. The summed E-state index contributed by atoms with van der Waals surface area (Å²) in [6.45, 7) is 6.22. The first-order valence-electron chi connectivity index (χ1n) is 6.61. The van der Waals surface area contributed by atoms with E-state index in [1.165, 1.54) is 0 Å². The van der Waals surface area contributed by atoms with E-state index in [0.717, 1.165) is 51.6 Å². The number of rotatable bonds is 5. The van der Waals surface area contributed by atoms with Crippen molar-refractivity contribution in [2.24, 2.45) is 5.92 Å². The molecule has 94 valence electrons. The number of carbonyl (C=O) groups is 1. The summed E-state index contributed by atoms with van der Waals surface area (Å²) in [5.41, 5.74) is 0. The highest BCUT2D eigenvalue weighted by Crippen LogP contribution is 2.22. The third-order valence-electron chi connectivity index (χ3n) is 3.36. The van der Waals surface area contributed by atoms with Crippen LogP contribution in [0.15, 0.2) is 0 Å². The van der Waals surface area contributed by atoms with Crippen molar-refractivity contribution in [3.8, 4) is 0 Å². The van der Waals surface area contributed by atoms with Gasteiger partial charge in [0.15, 0.2) is 0 Å². The lowest BCUT2D eigenvalue weighted by Gasteiger charge is -2.32. The highest BCUT2D eigenvalue weighted by atomic mass is 79.9. The van der Waals surface area contributed by atoms with Gasteiger partial charge in [0, 0.05) is 23.8 Å². The SMILES string of the molecule is CCCC(CCC)C(=O)N1CCC(Br)CC1. The Kier molecular flexibility index (Phi) is 6.40. The van der Waals surface area contributed by atoms with Gasteiger partial charge in [-0.1, -0.05) is 42.6 Å². The van der Waals surface area contributed by atoms with Crippen LogP contribution < -0.4 is 0 Å². The first-order chi connectivity index (χ1) is 7.69. The summed E-state index contributed by atoms with van der Waals surface area (Å²) < 4.78 is 0. The number of alkyl halides is 1. The fourth-order valence-corrected chi connectivity index (χ4v) is 2.82. The molecule has 1 aliphatic heterocycles. The van der Waals surface area contributed by atoms with Crippen molar-refractivity contribution >= 4 is 21.8 Å². The zero-order chi connectivity index (χ0) is 12.0. The molecule has 0 radical (unpaired) electrons. The van der Waals surface area contributed by atoms with E-state index in [9.17, 15) is 4.79 Å². The monoisotopic (exact) mass is 289 g/mol. The van der Waals surface area contributed by atoms with Crippen molar-refractivity contribution in [3.63, 3.8) is 0 Å². The van der Waals surface area contributed by atoms with E-state index in [0.29, 0.717) is 10.7 Å². The lowest BCUT2D eigenvalue weighted by Crippen LogP contribution is -2.42. The van der Waals surface area contributed by atoms with Crippen LogP contribution in [-0.2, 0) is 4.79 Å². The summed E-state index contributed by atoms with van der Waals surface area (Å²) in [4.78, 5) is 15.0. The largest absolute Gasteiger partial charge is 0.342 e. The maximum absolute atomic E-state index is 12.3. The molecule has 0 aliphatic carbocycles. The Hall–Kier alpha value is -0.0500. The molecule has 1 heterocycles. The molecule has 1 saturated heterocycles. The van der Waals surface area contributed by atoms with Crippen molar-refractivity contribution < 1.29 is 4.79 Å². The van der Waals surface area contributed by atoms with Gasteiger partial charge in [0.2, 0.25) is 5.91 Å². The van der Waals surface area contributed by atoms with Gasteiger partial charge in [-0.2, -0.15) is 0 Å². The van der Waals surface area contributed by atoms with Crippen LogP contribution in [0.4, 0.5) is 0 Å². The molecule has 0 aromatic heterocycles. The molecule has 0 atom stereocenters. The van der Waals surface area contributed by atoms with Crippen molar-refractivity contribution in [2.75, 3.05) is 13.1 Å². The van der Waals surface area contributed by atoms with Gasteiger partial charge in [0.05, 0.1) is 0 Å². The van der Waals surface area contributed by atoms with E-state index in [-0.39, 0.29) is 5.92 Å². The second kappa shape index (κ2) is 7.31. The molecule has 1 fully saturated rings. The smallest absolute Gasteiger partial charge is 0.225 e. The Morgan fingerprint density at radius 2 is 1.75 bits per heavy atom. The van der Waals surface area contributed by atoms with E-state index in [4.69, 9.17) is 0 Å². The van der Waals surface area contributed by atoms with Crippen LogP contribution in [0.3, 0.4) is 0 Å². The van der Waals surface area contributed by atoms with Gasteiger partial charge in [0.25, 0.3) is 0 Å².